The van der Waals surface area contributed by atoms with Crippen molar-refractivity contribution in [2.24, 2.45) is 5.92 Å². The van der Waals surface area contributed by atoms with Crippen LogP contribution in [-0.4, -0.2) is 17.4 Å². The van der Waals surface area contributed by atoms with Crippen molar-refractivity contribution < 1.29 is 9.50 Å². The van der Waals surface area contributed by atoms with Gasteiger partial charge in [0.1, 0.15) is 0 Å². The van der Waals surface area contributed by atoms with Crippen LogP contribution in [0.3, 0.4) is 0 Å². The Bertz CT molecular complexity index is 146. The van der Waals surface area contributed by atoms with E-state index in [1.54, 1.807) is 6.07 Å². The van der Waals surface area contributed by atoms with Gasteiger partial charge in [-0.15, -0.1) is 0 Å². The number of nitrogens with zero attached hydrogens (tertiary/aromatic N) is 1. The van der Waals surface area contributed by atoms with Crippen molar-refractivity contribution in [3.8, 4) is 6.07 Å². The first-order chi connectivity index (χ1) is 4.20. The van der Waals surface area contributed by atoms with E-state index < -0.39 is 12.3 Å². The van der Waals surface area contributed by atoms with Crippen molar-refractivity contribution in [1.29, 1.82) is 5.26 Å². The summed E-state index contributed by atoms with van der Waals surface area (Å²) in [4.78, 5) is 0. The molecule has 0 saturated heterocycles. The van der Waals surface area contributed by atoms with E-state index in [4.69, 9.17) is 10.4 Å². The molecule has 0 amide bonds. The van der Waals surface area contributed by atoms with Crippen LogP contribution < -0.4 is 0 Å². The Morgan fingerprint density at radius 1 is 1.78 bits per heavy atom. The first-order valence-corrected chi connectivity index (χ1v) is 2.90. The fraction of sp³-hybridized carbons (Fsp3) is 0.833. The first kappa shape index (κ1) is 6.50. The van der Waals surface area contributed by atoms with Gasteiger partial charge in [-0.2, -0.15) is 5.26 Å². The number of halogens is 1. The third-order valence-electron chi connectivity index (χ3n) is 1.68. The predicted octanol–water partition coefficient (Wildman–Crippen LogP) is 0.621. The maximum Gasteiger partial charge on any atom is 0.151 e. The second-order valence-corrected chi connectivity index (χ2v) is 2.57. The molecule has 1 saturated carbocycles. The van der Waals surface area contributed by atoms with Gasteiger partial charge < -0.3 is 5.11 Å². The van der Waals surface area contributed by atoms with E-state index in [1.807, 2.05) is 0 Å². The highest BCUT2D eigenvalue weighted by Crippen LogP contribution is 2.37. The van der Waals surface area contributed by atoms with E-state index >= 15 is 0 Å². The topological polar surface area (TPSA) is 44.0 Å². The van der Waals surface area contributed by atoms with Gasteiger partial charge in [-0.3, -0.25) is 4.39 Å². The van der Waals surface area contributed by atoms with Gasteiger partial charge in [0, 0.05) is 0 Å². The molecule has 0 spiro atoms. The Hall–Kier alpha value is -0.620. The summed E-state index contributed by atoms with van der Waals surface area (Å²) in [5, 5.41) is 17.2. The number of aliphatic hydroxyl groups is 1. The Morgan fingerprint density at radius 3 is 2.67 bits per heavy atom. The molecule has 0 unspecified atom stereocenters. The molecule has 0 atom stereocenters. The van der Waals surface area contributed by atoms with Crippen LogP contribution in [0, 0.1) is 17.2 Å². The van der Waals surface area contributed by atoms with Crippen molar-refractivity contribution in [2.75, 3.05) is 6.67 Å². The van der Waals surface area contributed by atoms with E-state index in [9.17, 15) is 4.39 Å². The molecular weight excluding hydrogens is 121 g/mol. The minimum absolute atomic E-state index is 0.0744. The number of hydrogen-bond acceptors (Lipinski definition) is 2. The Morgan fingerprint density at radius 2 is 2.33 bits per heavy atom. The summed E-state index contributed by atoms with van der Waals surface area (Å²) in [5.41, 5.74) is -1.20. The number of alkyl halides is 1. The molecule has 0 aromatic heterocycles. The van der Waals surface area contributed by atoms with Crippen LogP contribution in [0.15, 0.2) is 0 Å². The van der Waals surface area contributed by atoms with Gasteiger partial charge in [-0.1, -0.05) is 0 Å². The lowest BCUT2D eigenvalue weighted by Gasteiger charge is -2.36. The Kier molecular flexibility index (Phi) is 1.42. The molecule has 2 nitrogen and oxygen atoms in total. The zero-order valence-corrected chi connectivity index (χ0v) is 4.97. The Balaban J connectivity index is 2.35. The summed E-state index contributed by atoms with van der Waals surface area (Å²) >= 11 is 0. The summed E-state index contributed by atoms with van der Waals surface area (Å²) in [7, 11) is 0. The molecule has 9 heavy (non-hydrogen) atoms. The zero-order chi connectivity index (χ0) is 6.91. The maximum atomic E-state index is 11.7. The van der Waals surface area contributed by atoms with E-state index in [0.29, 0.717) is 12.8 Å². The molecule has 0 aromatic rings. The third-order valence-corrected chi connectivity index (χ3v) is 1.68. The van der Waals surface area contributed by atoms with Crippen LogP contribution in [0.1, 0.15) is 12.8 Å². The Labute approximate surface area is 52.9 Å². The summed E-state index contributed by atoms with van der Waals surface area (Å²) in [5.74, 6) is -0.0744. The van der Waals surface area contributed by atoms with Crippen LogP contribution >= 0.6 is 0 Å². The summed E-state index contributed by atoms with van der Waals surface area (Å²) < 4.78 is 11.7. The lowest BCUT2D eigenvalue weighted by molar-refractivity contribution is -0.0314. The van der Waals surface area contributed by atoms with Gasteiger partial charge in [0.15, 0.2) is 5.60 Å². The van der Waals surface area contributed by atoms with Gasteiger partial charge in [0.05, 0.1) is 12.7 Å². The molecule has 1 N–H and O–H groups in total. The first-order valence-electron chi connectivity index (χ1n) is 2.90. The van der Waals surface area contributed by atoms with Gasteiger partial charge in [0.25, 0.3) is 0 Å². The van der Waals surface area contributed by atoms with E-state index in [-0.39, 0.29) is 5.92 Å². The predicted molar refractivity (Wildman–Crippen MR) is 29.3 cm³/mol. The van der Waals surface area contributed by atoms with Crippen LogP contribution in [-0.2, 0) is 0 Å². The normalized spacial score (nSPS) is 41.2. The molecular formula is C6H8FNO. The average Bonchev–Trinajstić information content (AvgIpc) is 1.81. The molecule has 3 heteroatoms. The lowest BCUT2D eigenvalue weighted by atomic mass is 9.73. The van der Waals surface area contributed by atoms with Crippen LogP contribution in [0.2, 0.25) is 0 Å². The van der Waals surface area contributed by atoms with Gasteiger partial charge in [-0.05, 0) is 18.8 Å². The molecule has 1 aliphatic carbocycles. The fourth-order valence-corrected chi connectivity index (χ4v) is 1.10. The maximum absolute atomic E-state index is 11.7. The summed E-state index contributed by atoms with van der Waals surface area (Å²) in [6.45, 7) is -0.413. The van der Waals surface area contributed by atoms with Crippen LogP contribution in [0.5, 0.6) is 0 Å². The highest BCUT2D eigenvalue weighted by Gasteiger charge is 2.42. The summed E-state index contributed by atoms with van der Waals surface area (Å²) in [6.07, 6.45) is 0.611. The number of rotatable bonds is 1. The minimum atomic E-state index is -1.20. The van der Waals surface area contributed by atoms with Crippen molar-refractivity contribution >= 4 is 0 Å². The van der Waals surface area contributed by atoms with Crippen molar-refractivity contribution in [3.63, 3.8) is 0 Å². The molecule has 0 bridgehead atoms. The standard InChI is InChI=1S/C6H8FNO/c7-3-5-1-6(9,2-5)4-8/h5,9H,1-3H2. The minimum Gasteiger partial charge on any atom is -0.375 e. The molecule has 0 aromatic carbocycles. The molecule has 0 aliphatic heterocycles. The molecule has 1 rings (SSSR count). The second kappa shape index (κ2) is 1.96. The molecule has 1 fully saturated rings. The molecule has 1 aliphatic rings. The lowest BCUT2D eigenvalue weighted by Crippen LogP contribution is -2.43. The van der Waals surface area contributed by atoms with Crippen molar-refractivity contribution in [1.82, 2.24) is 0 Å². The second-order valence-electron chi connectivity index (χ2n) is 2.57. The molecule has 50 valence electrons. The van der Waals surface area contributed by atoms with Crippen molar-refractivity contribution in [3.05, 3.63) is 0 Å². The fourth-order valence-electron chi connectivity index (χ4n) is 1.10. The van der Waals surface area contributed by atoms with E-state index in [0.717, 1.165) is 0 Å². The van der Waals surface area contributed by atoms with Gasteiger partial charge in [-0.25, -0.2) is 0 Å². The number of hydrogen-bond donors (Lipinski definition) is 1. The molecule has 0 heterocycles. The summed E-state index contributed by atoms with van der Waals surface area (Å²) in [6, 6.07) is 1.73. The highest BCUT2D eigenvalue weighted by atomic mass is 19.1. The third kappa shape index (κ3) is 1.03. The smallest absolute Gasteiger partial charge is 0.151 e. The van der Waals surface area contributed by atoms with Gasteiger partial charge in [0.2, 0.25) is 0 Å². The SMILES string of the molecule is N#CC1(O)CC(CF)C1. The highest BCUT2D eigenvalue weighted by molar-refractivity contribution is 5.09. The average molecular weight is 129 g/mol. The van der Waals surface area contributed by atoms with Crippen molar-refractivity contribution in [2.45, 2.75) is 18.4 Å². The number of nitriles is 1. The monoisotopic (exact) mass is 129 g/mol. The largest absolute Gasteiger partial charge is 0.375 e. The van der Waals surface area contributed by atoms with E-state index in [2.05, 4.69) is 0 Å². The zero-order valence-electron chi connectivity index (χ0n) is 4.97. The van der Waals surface area contributed by atoms with Crippen LogP contribution in [0.25, 0.3) is 0 Å². The van der Waals surface area contributed by atoms with Gasteiger partial charge >= 0.3 is 0 Å². The van der Waals surface area contributed by atoms with E-state index in [1.165, 1.54) is 0 Å². The quantitative estimate of drug-likeness (QED) is 0.527. The van der Waals surface area contributed by atoms with Crippen LogP contribution in [0.4, 0.5) is 4.39 Å². The molecule has 0 radical (unpaired) electrons.